The molecule has 0 spiro atoms. The molecule has 1 unspecified atom stereocenters. The maximum Gasteiger partial charge on any atom is 0.250 e. The number of unbranched alkanes of at least 4 members (excludes halogenated alkanes) is 2. The highest BCUT2D eigenvalue weighted by Crippen LogP contribution is 2.02. The Kier molecular flexibility index (Phi) is 6.73. The second-order valence-corrected chi connectivity index (χ2v) is 5.09. The first kappa shape index (κ1) is 15.0. The van der Waals surface area contributed by atoms with Gasteiger partial charge >= 0.3 is 0 Å². The molecule has 1 heterocycles. The van der Waals surface area contributed by atoms with Crippen LogP contribution in [0.5, 0.6) is 0 Å². The van der Waals surface area contributed by atoms with Gasteiger partial charge in [-0.15, -0.1) is 0 Å². The van der Waals surface area contributed by atoms with Gasteiger partial charge in [0.1, 0.15) is 0 Å². The Balaban J connectivity index is 2.26. The smallest absolute Gasteiger partial charge is 0.250 e. The summed E-state index contributed by atoms with van der Waals surface area (Å²) in [6.45, 7) is 7.99. The molecule has 102 valence electrons. The standard InChI is InChI=1S/C15H26N2O/c1-4-5-6-7-14(3)16-9-11-17-10-8-13(2)12-15(17)18/h8,10,12,14,16H,4-7,9,11H2,1-3H3. The largest absolute Gasteiger partial charge is 0.314 e. The van der Waals surface area contributed by atoms with Gasteiger partial charge < -0.3 is 9.88 Å². The average Bonchev–Trinajstić information content (AvgIpc) is 2.32. The molecule has 3 nitrogen and oxygen atoms in total. The molecule has 0 saturated carbocycles. The van der Waals surface area contributed by atoms with Crippen molar-refractivity contribution in [2.45, 2.75) is 59.0 Å². The van der Waals surface area contributed by atoms with Gasteiger partial charge in [-0.3, -0.25) is 4.79 Å². The Morgan fingerprint density at radius 3 is 2.83 bits per heavy atom. The van der Waals surface area contributed by atoms with Crippen molar-refractivity contribution >= 4 is 0 Å². The van der Waals surface area contributed by atoms with Crippen molar-refractivity contribution in [1.29, 1.82) is 0 Å². The molecular weight excluding hydrogens is 224 g/mol. The van der Waals surface area contributed by atoms with Crippen LogP contribution in [0.1, 0.15) is 45.1 Å². The predicted molar refractivity (Wildman–Crippen MR) is 77.0 cm³/mol. The Morgan fingerprint density at radius 1 is 1.39 bits per heavy atom. The molecule has 0 aliphatic rings. The van der Waals surface area contributed by atoms with Crippen molar-refractivity contribution in [3.8, 4) is 0 Å². The number of hydrogen-bond donors (Lipinski definition) is 1. The summed E-state index contributed by atoms with van der Waals surface area (Å²) in [7, 11) is 0. The summed E-state index contributed by atoms with van der Waals surface area (Å²) >= 11 is 0. The minimum atomic E-state index is 0.0930. The average molecular weight is 250 g/mol. The number of nitrogens with one attached hydrogen (secondary N) is 1. The van der Waals surface area contributed by atoms with Crippen molar-refractivity contribution < 1.29 is 0 Å². The van der Waals surface area contributed by atoms with Crippen LogP contribution >= 0.6 is 0 Å². The van der Waals surface area contributed by atoms with Gasteiger partial charge in [0.2, 0.25) is 0 Å². The molecule has 0 fully saturated rings. The van der Waals surface area contributed by atoms with Gasteiger partial charge in [0, 0.05) is 31.4 Å². The molecule has 1 atom stereocenters. The Bertz CT molecular complexity index is 398. The number of nitrogens with zero attached hydrogens (tertiary/aromatic N) is 1. The van der Waals surface area contributed by atoms with Crippen LogP contribution in [0.25, 0.3) is 0 Å². The van der Waals surface area contributed by atoms with E-state index in [1.54, 1.807) is 10.6 Å². The third-order valence-electron chi connectivity index (χ3n) is 3.24. The molecule has 0 amide bonds. The quantitative estimate of drug-likeness (QED) is 0.720. The van der Waals surface area contributed by atoms with E-state index >= 15 is 0 Å². The monoisotopic (exact) mass is 250 g/mol. The lowest BCUT2D eigenvalue weighted by atomic mass is 10.1. The van der Waals surface area contributed by atoms with E-state index in [4.69, 9.17) is 0 Å². The van der Waals surface area contributed by atoms with Crippen LogP contribution in [-0.2, 0) is 6.54 Å². The first-order chi connectivity index (χ1) is 8.63. The molecule has 1 N–H and O–H groups in total. The summed E-state index contributed by atoms with van der Waals surface area (Å²) in [6.07, 6.45) is 6.96. The highest BCUT2D eigenvalue weighted by atomic mass is 16.1. The van der Waals surface area contributed by atoms with E-state index in [1.807, 2.05) is 19.2 Å². The van der Waals surface area contributed by atoms with Crippen LogP contribution in [0, 0.1) is 6.92 Å². The zero-order chi connectivity index (χ0) is 13.4. The second kappa shape index (κ2) is 8.09. The lowest BCUT2D eigenvalue weighted by molar-refractivity contribution is 0.467. The summed E-state index contributed by atoms with van der Waals surface area (Å²) < 4.78 is 1.76. The van der Waals surface area contributed by atoms with Gasteiger partial charge in [-0.1, -0.05) is 26.2 Å². The SMILES string of the molecule is CCCCCC(C)NCCn1ccc(C)cc1=O. The minimum absolute atomic E-state index is 0.0930. The Morgan fingerprint density at radius 2 is 2.17 bits per heavy atom. The highest BCUT2D eigenvalue weighted by Gasteiger charge is 2.01. The van der Waals surface area contributed by atoms with E-state index in [-0.39, 0.29) is 5.56 Å². The number of hydrogen-bond acceptors (Lipinski definition) is 2. The Hall–Kier alpha value is -1.09. The zero-order valence-corrected chi connectivity index (χ0v) is 11.9. The molecule has 0 saturated heterocycles. The van der Waals surface area contributed by atoms with Crippen LogP contribution in [0.4, 0.5) is 0 Å². The molecular formula is C15H26N2O. The number of aromatic nitrogens is 1. The van der Waals surface area contributed by atoms with E-state index in [9.17, 15) is 4.79 Å². The van der Waals surface area contributed by atoms with Crippen molar-refractivity contribution in [2.75, 3.05) is 6.54 Å². The topological polar surface area (TPSA) is 34.0 Å². The summed E-state index contributed by atoms with van der Waals surface area (Å²) in [6, 6.07) is 4.20. The summed E-state index contributed by atoms with van der Waals surface area (Å²) in [5.74, 6) is 0. The normalized spacial score (nSPS) is 12.6. The molecule has 0 aliphatic carbocycles. The van der Waals surface area contributed by atoms with E-state index in [0.717, 1.165) is 18.7 Å². The van der Waals surface area contributed by atoms with Crippen LogP contribution in [0.15, 0.2) is 23.1 Å². The van der Waals surface area contributed by atoms with Crippen molar-refractivity contribution in [2.24, 2.45) is 0 Å². The molecule has 0 aromatic carbocycles. The second-order valence-electron chi connectivity index (χ2n) is 5.09. The molecule has 3 heteroatoms. The fourth-order valence-electron chi connectivity index (χ4n) is 2.03. The summed E-state index contributed by atoms with van der Waals surface area (Å²) in [4.78, 5) is 11.7. The fraction of sp³-hybridized carbons (Fsp3) is 0.667. The van der Waals surface area contributed by atoms with Gasteiger partial charge in [-0.2, -0.15) is 0 Å². The van der Waals surface area contributed by atoms with Gasteiger partial charge in [0.15, 0.2) is 0 Å². The molecule has 1 rings (SSSR count). The van der Waals surface area contributed by atoms with Crippen LogP contribution in [0.2, 0.25) is 0 Å². The van der Waals surface area contributed by atoms with Crippen LogP contribution < -0.4 is 10.9 Å². The summed E-state index contributed by atoms with van der Waals surface area (Å²) in [5, 5.41) is 3.47. The summed E-state index contributed by atoms with van der Waals surface area (Å²) in [5.41, 5.74) is 1.12. The molecule has 0 aliphatic heterocycles. The Labute approximate surface area is 110 Å². The third-order valence-corrected chi connectivity index (χ3v) is 3.24. The number of pyridine rings is 1. The maximum absolute atomic E-state index is 11.7. The van der Waals surface area contributed by atoms with Gasteiger partial charge in [0.25, 0.3) is 5.56 Å². The van der Waals surface area contributed by atoms with Gasteiger partial charge in [-0.25, -0.2) is 0 Å². The van der Waals surface area contributed by atoms with Gasteiger partial charge in [0.05, 0.1) is 0 Å². The maximum atomic E-state index is 11.7. The number of aryl methyl sites for hydroxylation is 1. The van der Waals surface area contributed by atoms with Crippen molar-refractivity contribution in [3.63, 3.8) is 0 Å². The van der Waals surface area contributed by atoms with E-state index in [0.29, 0.717) is 6.04 Å². The van der Waals surface area contributed by atoms with Crippen LogP contribution in [-0.4, -0.2) is 17.2 Å². The van der Waals surface area contributed by atoms with E-state index < -0.39 is 0 Å². The van der Waals surface area contributed by atoms with Crippen molar-refractivity contribution in [1.82, 2.24) is 9.88 Å². The third kappa shape index (κ3) is 5.50. The molecule has 0 radical (unpaired) electrons. The zero-order valence-electron chi connectivity index (χ0n) is 11.9. The molecule has 0 bridgehead atoms. The van der Waals surface area contributed by atoms with Gasteiger partial charge in [-0.05, 0) is 31.9 Å². The minimum Gasteiger partial charge on any atom is -0.314 e. The first-order valence-corrected chi connectivity index (χ1v) is 7.04. The first-order valence-electron chi connectivity index (χ1n) is 7.04. The van der Waals surface area contributed by atoms with E-state index in [2.05, 4.69) is 19.2 Å². The molecule has 1 aromatic rings. The highest BCUT2D eigenvalue weighted by molar-refractivity contribution is 5.07. The fourth-order valence-corrected chi connectivity index (χ4v) is 2.03. The molecule has 1 aromatic heterocycles. The number of rotatable bonds is 8. The lowest BCUT2D eigenvalue weighted by Crippen LogP contribution is -2.32. The lowest BCUT2D eigenvalue weighted by Gasteiger charge is -2.14. The van der Waals surface area contributed by atoms with Crippen LogP contribution in [0.3, 0.4) is 0 Å². The van der Waals surface area contributed by atoms with Crippen molar-refractivity contribution in [3.05, 3.63) is 34.2 Å². The predicted octanol–water partition coefficient (Wildman–Crippen LogP) is 2.72. The molecule has 18 heavy (non-hydrogen) atoms. The van der Waals surface area contributed by atoms with E-state index in [1.165, 1.54) is 25.7 Å².